The number of carbonyl (C=O) groups excluding carboxylic acids is 2. The quantitative estimate of drug-likeness (QED) is 0.237. The molecule has 2 amide bonds. The van der Waals surface area contributed by atoms with Gasteiger partial charge in [0.2, 0.25) is 11.8 Å². The fraction of sp³-hybridized carbons (Fsp3) is 0.310. The van der Waals surface area contributed by atoms with Gasteiger partial charge in [0.15, 0.2) is 0 Å². The smallest absolute Gasteiger partial charge is 0.264 e. The number of anilines is 1. The first-order valence-electron chi connectivity index (χ1n) is 12.7. The van der Waals surface area contributed by atoms with Crippen LogP contribution in [0.15, 0.2) is 86.6 Å². The van der Waals surface area contributed by atoms with E-state index < -0.39 is 28.5 Å². The molecule has 0 unspecified atom stereocenters. The molecule has 0 fully saturated rings. The molecule has 1 N–H and O–H groups in total. The molecule has 0 aliphatic heterocycles. The lowest BCUT2D eigenvalue weighted by Gasteiger charge is -2.32. The van der Waals surface area contributed by atoms with Crippen molar-refractivity contribution in [2.45, 2.75) is 51.1 Å². The predicted molar refractivity (Wildman–Crippen MR) is 162 cm³/mol. The van der Waals surface area contributed by atoms with Gasteiger partial charge in [-0.25, -0.2) is 8.42 Å². The maximum Gasteiger partial charge on any atom is 0.264 e. The van der Waals surface area contributed by atoms with E-state index >= 15 is 0 Å². The van der Waals surface area contributed by atoms with Crippen molar-refractivity contribution in [2.24, 2.45) is 0 Å². The maximum atomic E-state index is 13.9. The number of unbranched alkanes of at least 4 members (excludes halogenated alkanes) is 1. The van der Waals surface area contributed by atoms with E-state index in [1.807, 2.05) is 38.1 Å². The van der Waals surface area contributed by atoms with E-state index in [4.69, 9.17) is 0 Å². The van der Waals surface area contributed by atoms with Crippen LogP contribution < -0.4 is 9.62 Å². The summed E-state index contributed by atoms with van der Waals surface area (Å²) >= 11 is 6.86. The number of aryl methyl sites for hydroxylation is 1. The van der Waals surface area contributed by atoms with Crippen molar-refractivity contribution in [2.75, 3.05) is 17.4 Å². The van der Waals surface area contributed by atoms with Crippen molar-refractivity contribution in [1.29, 1.82) is 0 Å². The van der Waals surface area contributed by atoms with E-state index in [2.05, 4.69) is 37.2 Å². The second kappa shape index (κ2) is 14.1. The third kappa shape index (κ3) is 8.40. The number of sulfonamides is 1. The van der Waals surface area contributed by atoms with E-state index in [1.54, 1.807) is 43.3 Å². The van der Waals surface area contributed by atoms with Gasteiger partial charge in [-0.3, -0.25) is 13.9 Å². The Kier molecular flexibility index (Phi) is 11.1. The summed E-state index contributed by atoms with van der Waals surface area (Å²) in [6.07, 6.45) is 1.75. The molecule has 0 bridgehead atoms. The van der Waals surface area contributed by atoms with Crippen molar-refractivity contribution in [3.05, 3.63) is 92.9 Å². The van der Waals surface area contributed by atoms with Crippen LogP contribution >= 0.6 is 31.9 Å². The Morgan fingerprint density at radius 3 is 2.21 bits per heavy atom. The highest BCUT2D eigenvalue weighted by Gasteiger charge is 2.32. The Labute approximate surface area is 247 Å². The number of rotatable bonds is 12. The molecule has 7 nitrogen and oxygen atoms in total. The van der Waals surface area contributed by atoms with E-state index in [-0.39, 0.29) is 17.3 Å². The third-order valence-corrected chi connectivity index (χ3v) is 9.00. The van der Waals surface area contributed by atoms with E-state index in [0.717, 1.165) is 32.7 Å². The highest BCUT2D eigenvalue weighted by molar-refractivity contribution is 9.10. The van der Waals surface area contributed by atoms with Crippen LogP contribution in [-0.4, -0.2) is 44.3 Å². The second-order valence-electron chi connectivity index (χ2n) is 9.28. The first-order valence-corrected chi connectivity index (χ1v) is 15.7. The number of nitrogens with zero attached hydrogens (tertiary/aromatic N) is 2. The minimum absolute atomic E-state index is 0.0739. The molecule has 0 aromatic heterocycles. The summed E-state index contributed by atoms with van der Waals surface area (Å²) in [7, 11) is -4.10. The second-order valence-corrected chi connectivity index (χ2v) is 13.0. The summed E-state index contributed by atoms with van der Waals surface area (Å²) < 4.78 is 30.3. The van der Waals surface area contributed by atoms with Gasteiger partial charge in [-0.2, -0.15) is 0 Å². The third-order valence-electron chi connectivity index (χ3n) is 6.22. The fourth-order valence-electron chi connectivity index (χ4n) is 3.95. The Morgan fingerprint density at radius 1 is 0.949 bits per heavy atom. The monoisotopic (exact) mass is 677 g/mol. The van der Waals surface area contributed by atoms with Crippen LogP contribution in [0.2, 0.25) is 0 Å². The summed E-state index contributed by atoms with van der Waals surface area (Å²) in [6, 6.07) is 19.9. The lowest BCUT2D eigenvalue weighted by atomic mass is 10.1. The summed E-state index contributed by atoms with van der Waals surface area (Å²) in [6.45, 7) is 5.73. The lowest BCUT2D eigenvalue weighted by molar-refractivity contribution is -0.139. The van der Waals surface area contributed by atoms with E-state index in [1.165, 1.54) is 17.0 Å². The normalized spacial score (nSPS) is 12.0. The van der Waals surface area contributed by atoms with Crippen LogP contribution in [0.5, 0.6) is 0 Å². The summed E-state index contributed by atoms with van der Waals surface area (Å²) in [4.78, 5) is 28.4. The number of carbonyl (C=O) groups is 2. The summed E-state index contributed by atoms with van der Waals surface area (Å²) in [5.41, 5.74) is 2.06. The van der Waals surface area contributed by atoms with Crippen molar-refractivity contribution in [1.82, 2.24) is 10.2 Å². The molecule has 1 atom stereocenters. The number of hydrogen-bond donors (Lipinski definition) is 1. The van der Waals surface area contributed by atoms with Gasteiger partial charge in [0.25, 0.3) is 10.0 Å². The minimum atomic E-state index is -4.10. The molecule has 0 saturated carbocycles. The SMILES string of the molecule is CCCCNC(=O)[C@H](C)N(Cc1cccc(Br)c1)C(=O)CN(c1cccc(Br)c1)S(=O)(=O)c1ccc(C)cc1. The molecule has 0 spiro atoms. The Morgan fingerprint density at radius 2 is 1.59 bits per heavy atom. The van der Waals surface area contributed by atoms with Gasteiger partial charge in [-0.05, 0) is 68.3 Å². The molecule has 208 valence electrons. The van der Waals surface area contributed by atoms with Gasteiger partial charge in [-0.15, -0.1) is 0 Å². The molecular weight excluding hydrogens is 646 g/mol. The van der Waals surface area contributed by atoms with Gasteiger partial charge in [0.05, 0.1) is 10.6 Å². The van der Waals surface area contributed by atoms with Crippen molar-refractivity contribution < 1.29 is 18.0 Å². The van der Waals surface area contributed by atoms with Crippen LogP contribution in [0.3, 0.4) is 0 Å². The van der Waals surface area contributed by atoms with Crippen molar-refractivity contribution >= 4 is 59.4 Å². The molecule has 0 saturated heterocycles. The lowest BCUT2D eigenvalue weighted by Crippen LogP contribution is -2.51. The molecule has 3 aromatic rings. The predicted octanol–water partition coefficient (Wildman–Crippen LogP) is 6.05. The molecule has 0 aliphatic carbocycles. The molecular formula is C29H33Br2N3O4S. The standard InChI is InChI=1S/C29H33Br2N3O4S/c1-4-5-16-32-29(36)22(3)33(19-23-8-6-9-24(30)17-23)28(35)20-34(26-11-7-10-25(31)18-26)39(37,38)27-14-12-21(2)13-15-27/h6-15,17-18,22H,4-5,16,19-20H2,1-3H3,(H,32,36)/t22-/m0/s1. The highest BCUT2D eigenvalue weighted by atomic mass is 79.9. The number of nitrogens with one attached hydrogen (secondary N) is 1. The first kappa shape index (κ1) is 30.8. The Hall–Kier alpha value is -2.69. The molecule has 0 heterocycles. The number of hydrogen-bond acceptors (Lipinski definition) is 4. The number of amides is 2. The van der Waals surface area contributed by atoms with Crippen LogP contribution in [0.25, 0.3) is 0 Å². The highest BCUT2D eigenvalue weighted by Crippen LogP contribution is 2.27. The molecule has 0 radical (unpaired) electrons. The van der Waals surface area contributed by atoms with Crippen LogP contribution in [-0.2, 0) is 26.2 Å². The van der Waals surface area contributed by atoms with Gasteiger partial charge >= 0.3 is 0 Å². The summed E-state index contributed by atoms with van der Waals surface area (Å²) in [5.74, 6) is -0.786. The topological polar surface area (TPSA) is 86.8 Å². The average Bonchev–Trinajstić information content (AvgIpc) is 2.90. The first-order chi connectivity index (χ1) is 18.5. The largest absolute Gasteiger partial charge is 0.354 e. The maximum absolute atomic E-state index is 13.9. The molecule has 3 rings (SSSR count). The van der Waals surface area contributed by atoms with E-state index in [9.17, 15) is 18.0 Å². The van der Waals surface area contributed by atoms with Gasteiger partial charge in [0.1, 0.15) is 12.6 Å². The molecule has 39 heavy (non-hydrogen) atoms. The minimum Gasteiger partial charge on any atom is -0.354 e. The zero-order chi connectivity index (χ0) is 28.6. The molecule has 0 aliphatic rings. The zero-order valence-electron chi connectivity index (χ0n) is 22.2. The Balaban J connectivity index is 2.00. The number of halogens is 2. The molecule has 10 heteroatoms. The van der Waals surface area contributed by atoms with Gasteiger partial charge < -0.3 is 10.2 Å². The van der Waals surface area contributed by atoms with E-state index in [0.29, 0.717) is 16.7 Å². The Bertz CT molecular complexity index is 1400. The van der Waals surface area contributed by atoms with Crippen molar-refractivity contribution in [3.8, 4) is 0 Å². The van der Waals surface area contributed by atoms with Gasteiger partial charge in [0, 0.05) is 22.0 Å². The van der Waals surface area contributed by atoms with Gasteiger partial charge in [-0.1, -0.05) is 81.1 Å². The van der Waals surface area contributed by atoms with Crippen molar-refractivity contribution in [3.63, 3.8) is 0 Å². The molecule has 3 aromatic carbocycles. The van der Waals surface area contributed by atoms with Crippen LogP contribution in [0.1, 0.15) is 37.8 Å². The summed E-state index contributed by atoms with van der Waals surface area (Å²) in [5, 5.41) is 2.89. The average molecular weight is 679 g/mol. The zero-order valence-corrected chi connectivity index (χ0v) is 26.2. The fourth-order valence-corrected chi connectivity index (χ4v) is 6.19. The van der Waals surface area contributed by atoms with Crippen LogP contribution in [0, 0.1) is 6.92 Å². The number of benzene rings is 3. The van der Waals surface area contributed by atoms with Crippen LogP contribution in [0.4, 0.5) is 5.69 Å².